The quantitative estimate of drug-likeness (QED) is 0.237. The van der Waals surface area contributed by atoms with E-state index in [-0.39, 0.29) is 5.54 Å². The maximum Gasteiger partial charge on any atom is 0.0643 e. The first kappa shape index (κ1) is 24.5. The van der Waals surface area contributed by atoms with Crippen LogP contribution in [0.1, 0.15) is 18.9 Å². The van der Waals surface area contributed by atoms with Crippen LogP contribution in [-0.4, -0.2) is 5.54 Å². The van der Waals surface area contributed by atoms with Crippen molar-refractivity contribution in [3.63, 3.8) is 0 Å². The zero-order chi connectivity index (χ0) is 26.5. The molecule has 2 nitrogen and oxygen atoms in total. The van der Waals surface area contributed by atoms with Crippen molar-refractivity contribution in [2.45, 2.75) is 18.9 Å². The summed E-state index contributed by atoms with van der Waals surface area (Å²) in [6, 6.07) is 49.1. The van der Waals surface area contributed by atoms with Crippen molar-refractivity contribution in [3.05, 3.63) is 163 Å². The summed E-state index contributed by atoms with van der Waals surface area (Å²) in [6.45, 7) is 2.32. The van der Waals surface area contributed by atoms with Crippen molar-refractivity contribution in [2.75, 3.05) is 10.2 Å². The molecule has 5 aromatic carbocycles. The number of anilines is 4. The molecule has 0 spiro atoms. The van der Waals surface area contributed by atoms with Gasteiger partial charge in [-0.15, -0.1) is 0 Å². The highest BCUT2D eigenvalue weighted by Gasteiger charge is 2.31. The first-order valence-electron chi connectivity index (χ1n) is 13.5. The molecule has 1 atom stereocenters. The molecule has 39 heavy (non-hydrogen) atoms. The molecule has 0 aliphatic heterocycles. The van der Waals surface area contributed by atoms with E-state index in [1.807, 2.05) is 18.2 Å². The van der Waals surface area contributed by atoms with E-state index in [4.69, 9.17) is 0 Å². The second-order valence-electron chi connectivity index (χ2n) is 10.2. The Hall–Kier alpha value is -4.82. The third-order valence-electron chi connectivity index (χ3n) is 7.40. The summed E-state index contributed by atoms with van der Waals surface area (Å²) in [4.78, 5) is 2.44. The molecule has 5 aromatic rings. The number of rotatable bonds is 7. The van der Waals surface area contributed by atoms with Crippen molar-refractivity contribution < 1.29 is 0 Å². The van der Waals surface area contributed by atoms with Crippen molar-refractivity contribution in [2.24, 2.45) is 0 Å². The third kappa shape index (κ3) is 5.42. The fourth-order valence-corrected chi connectivity index (χ4v) is 5.28. The van der Waals surface area contributed by atoms with Crippen molar-refractivity contribution in [1.82, 2.24) is 0 Å². The Morgan fingerprint density at radius 3 is 1.51 bits per heavy atom. The summed E-state index contributed by atoms with van der Waals surface area (Å²) in [5, 5.41) is 3.45. The highest BCUT2D eigenvalue weighted by atomic mass is 15.2. The lowest BCUT2D eigenvalue weighted by Crippen LogP contribution is -2.42. The molecule has 0 aromatic heterocycles. The van der Waals surface area contributed by atoms with Crippen LogP contribution in [0.5, 0.6) is 0 Å². The third-order valence-corrected chi connectivity index (χ3v) is 7.40. The zero-order valence-electron chi connectivity index (χ0n) is 22.2. The zero-order valence-corrected chi connectivity index (χ0v) is 22.2. The Morgan fingerprint density at radius 2 is 1.00 bits per heavy atom. The van der Waals surface area contributed by atoms with Gasteiger partial charge in [0.1, 0.15) is 0 Å². The molecule has 2 heteroatoms. The summed E-state index contributed by atoms with van der Waals surface area (Å²) in [5.41, 5.74) is 9.34. The van der Waals surface area contributed by atoms with Gasteiger partial charge in [-0.05, 0) is 84.1 Å². The van der Waals surface area contributed by atoms with Crippen LogP contribution in [0, 0.1) is 0 Å². The minimum absolute atomic E-state index is 0.165. The van der Waals surface area contributed by atoms with Crippen LogP contribution >= 0.6 is 0 Å². The standard InChI is InChI=1S/C37H32N2/c1-37(39(35-13-7-3-8-14-35)36-15-9-4-10-16-36)27-25-32(26-28-37)30-19-17-29(18-20-30)31-21-23-34(24-22-31)38-33-11-5-2-6-12-33/h2-27,38H,28H2,1H3. The monoisotopic (exact) mass is 504 g/mol. The predicted molar refractivity (Wildman–Crippen MR) is 167 cm³/mol. The average Bonchev–Trinajstić information content (AvgIpc) is 3.00. The molecular formula is C37H32N2. The molecule has 1 unspecified atom stereocenters. The summed E-state index contributed by atoms with van der Waals surface area (Å²) < 4.78 is 0. The van der Waals surface area contributed by atoms with Crippen LogP contribution in [-0.2, 0) is 0 Å². The van der Waals surface area contributed by atoms with Gasteiger partial charge in [0.2, 0.25) is 0 Å². The average molecular weight is 505 g/mol. The van der Waals surface area contributed by atoms with Crippen molar-refractivity contribution in [1.29, 1.82) is 0 Å². The molecule has 0 bridgehead atoms. The normalized spacial score (nSPS) is 16.4. The molecule has 0 amide bonds. The van der Waals surface area contributed by atoms with Crippen LogP contribution in [0.25, 0.3) is 16.7 Å². The predicted octanol–water partition coefficient (Wildman–Crippen LogP) is 10.0. The van der Waals surface area contributed by atoms with Gasteiger partial charge in [0.05, 0.1) is 5.54 Å². The topological polar surface area (TPSA) is 15.3 Å². The summed E-state index contributed by atoms with van der Waals surface area (Å²) >= 11 is 0. The van der Waals surface area contributed by atoms with Gasteiger partial charge in [-0.25, -0.2) is 0 Å². The molecule has 6 rings (SSSR count). The highest BCUT2D eigenvalue weighted by molar-refractivity contribution is 5.79. The van der Waals surface area contributed by atoms with Gasteiger partial charge in [-0.3, -0.25) is 0 Å². The number of para-hydroxylation sites is 3. The van der Waals surface area contributed by atoms with E-state index in [9.17, 15) is 0 Å². The molecule has 0 heterocycles. The van der Waals surface area contributed by atoms with Gasteiger partial charge in [0.15, 0.2) is 0 Å². The van der Waals surface area contributed by atoms with E-state index in [0.717, 1.165) is 17.8 Å². The van der Waals surface area contributed by atoms with E-state index in [2.05, 4.69) is 157 Å². The van der Waals surface area contributed by atoms with Crippen molar-refractivity contribution in [3.8, 4) is 11.1 Å². The molecule has 1 aliphatic rings. The maximum absolute atomic E-state index is 3.45. The van der Waals surface area contributed by atoms with E-state index in [1.165, 1.54) is 33.6 Å². The first-order chi connectivity index (χ1) is 19.2. The molecule has 1 aliphatic carbocycles. The van der Waals surface area contributed by atoms with E-state index in [0.29, 0.717) is 0 Å². The Morgan fingerprint density at radius 1 is 0.538 bits per heavy atom. The molecule has 0 fully saturated rings. The van der Waals surface area contributed by atoms with Gasteiger partial charge in [-0.1, -0.05) is 109 Å². The van der Waals surface area contributed by atoms with Crippen LogP contribution in [0.4, 0.5) is 22.7 Å². The van der Waals surface area contributed by atoms with Gasteiger partial charge < -0.3 is 10.2 Å². The van der Waals surface area contributed by atoms with Gasteiger partial charge in [0, 0.05) is 22.7 Å². The fraction of sp³-hybridized carbons (Fsp3) is 0.0811. The molecule has 1 N–H and O–H groups in total. The summed E-state index contributed by atoms with van der Waals surface area (Å²) in [5.74, 6) is 0. The van der Waals surface area contributed by atoms with Gasteiger partial charge >= 0.3 is 0 Å². The number of hydrogen-bond acceptors (Lipinski definition) is 2. The SMILES string of the molecule is CC1(N(c2ccccc2)c2ccccc2)C=CC(c2ccc(-c3ccc(Nc4ccccc4)cc3)cc2)=CC1. The summed E-state index contributed by atoms with van der Waals surface area (Å²) in [6.07, 6.45) is 7.92. The Bertz CT molecular complexity index is 1530. The second kappa shape index (κ2) is 10.9. The van der Waals surface area contributed by atoms with Crippen LogP contribution in [0.2, 0.25) is 0 Å². The Balaban J connectivity index is 1.18. The minimum atomic E-state index is -0.165. The number of allylic oxidation sites excluding steroid dienone is 2. The highest BCUT2D eigenvalue weighted by Crippen LogP contribution is 2.39. The molecule has 0 radical (unpaired) electrons. The smallest absolute Gasteiger partial charge is 0.0643 e. The van der Waals surface area contributed by atoms with Crippen LogP contribution in [0.3, 0.4) is 0 Å². The van der Waals surface area contributed by atoms with E-state index < -0.39 is 0 Å². The maximum atomic E-state index is 3.45. The van der Waals surface area contributed by atoms with E-state index in [1.54, 1.807) is 0 Å². The molecule has 0 saturated carbocycles. The molecular weight excluding hydrogens is 472 g/mol. The number of nitrogens with one attached hydrogen (secondary N) is 1. The largest absolute Gasteiger partial charge is 0.356 e. The van der Waals surface area contributed by atoms with Crippen LogP contribution < -0.4 is 10.2 Å². The van der Waals surface area contributed by atoms with E-state index >= 15 is 0 Å². The van der Waals surface area contributed by atoms with Crippen molar-refractivity contribution >= 4 is 28.3 Å². The number of benzene rings is 5. The van der Waals surface area contributed by atoms with Gasteiger partial charge in [0.25, 0.3) is 0 Å². The number of hydrogen-bond donors (Lipinski definition) is 1. The number of nitrogens with zero attached hydrogens (tertiary/aromatic N) is 1. The Labute approximate surface area is 231 Å². The summed E-state index contributed by atoms with van der Waals surface area (Å²) in [7, 11) is 0. The van der Waals surface area contributed by atoms with Gasteiger partial charge in [-0.2, -0.15) is 0 Å². The lowest BCUT2D eigenvalue weighted by atomic mass is 9.85. The lowest BCUT2D eigenvalue weighted by Gasteiger charge is -2.42. The second-order valence-corrected chi connectivity index (χ2v) is 10.2. The first-order valence-corrected chi connectivity index (χ1v) is 13.5. The molecule has 0 saturated heterocycles. The molecule has 190 valence electrons. The van der Waals surface area contributed by atoms with Crippen LogP contribution in [0.15, 0.2) is 158 Å². The Kier molecular flexibility index (Phi) is 6.84. The minimum Gasteiger partial charge on any atom is -0.356 e. The lowest BCUT2D eigenvalue weighted by molar-refractivity contribution is 0.571. The fourth-order valence-electron chi connectivity index (χ4n) is 5.28.